The summed E-state index contributed by atoms with van der Waals surface area (Å²) in [7, 11) is 1.47. The van der Waals surface area contributed by atoms with Crippen LogP contribution in [0.4, 0.5) is 11.4 Å². The lowest BCUT2D eigenvalue weighted by molar-refractivity contribution is -0.119. The SMILES string of the molecule is COCC(=O)Nc1ccc(N2C(=S)N[C@@H](c3ccccn3)[C@H]2c2cccn2Cc2ccccn2)cc1Cl. The Labute approximate surface area is 225 Å². The minimum absolute atomic E-state index is 0.0562. The molecule has 188 valence electrons. The summed E-state index contributed by atoms with van der Waals surface area (Å²) in [4.78, 5) is 23.2. The highest BCUT2D eigenvalue weighted by Gasteiger charge is 2.42. The van der Waals surface area contributed by atoms with Crippen molar-refractivity contribution in [3.05, 3.63) is 107 Å². The molecule has 0 saturated carbocycles. The quantitative estimate of drug-likeness (QED) is 0.317. The zero-order valence-corrected chi connectivity index (χ0v) is 21.6. The minimum atomic E-state index is -0.282. The zero-order valence-electron chi connectivity index (χ0n) is 20.0. The molecule has 0 unspecified atom stereocenters. The Balaban J connectivity index is 1.54. The van der Waals surface area contributed by atoms with Gasteiger partial charge in [-0.15, -0.1) is 0 Å². The molecule has 4 heterocycles. The van der Waals surface area contributed by atoms with E-state index >= 15 is 0 Å². The molecule has 2 atom stereocenters. The van der Waals surface area contributed by atoms with Crippen LogP contribution in [0.15, 0.2) is 85.3 Å². The fourth-order valence-electron chi connectivity index (χ4n) is 4.51. The van der Waals surface area contributed by atoms with Crippen LogP contribution in [0.1, 0.15) is 29.2 Å². The normalized spacial score (nSPS) is 17.0. The highest BCUT2D eigenvalue weighted by atomic mass is 35.5. The summed E-state index contributed by atoms with van der Waals surface area (Å²) in [6.07, 6.45) is 5.62. The Bertz CT molecular complexity index is 1400. The van der Waals surface area contributed by atoms with Crippen molar-refractivity contribution >= 4 is 46.2 Å². The number of hydrogen-bond donors (Lipinski definition) is 2. The number of halogens is 1. The van der Waals surface area contributed by atoms with Crippen LogP contribution in [-0.4, -0.2) is 39.3 Å². The van der Waals surface area contributed by atoms with Gasteiger partial charge in [0.25, 0.3) is 0 Å². The number of pyridine rings is 2. The fourth-order valence-corrected chi connectivity index (χ4v) is 5.08. The van der Waals surface area contributed by atoms with Crippen LogP contribution in [0.25, 0.3) is 0 Å². The van der Waals surface area contributed by atoms with Crippen LogP contribution in [0.5, 0.6) is 0 Å². The third kappa shape index (κ3) is 5.34. The molecule has 1 fully saturated rings. The van der Waals surface area contributed by atoms with Crippen LogP contribution in [-0.2, 0) is 16.1 Å². The van der Waals surface area contributed by atoms with Crippen molar-refractivity contribution in [1.29, 1.82) is 0 Å². The number of aromatic nitrogens is 3. The maximum absolute atomic E-state index is 12.0. The van der Waals surface area contributed by atoms with Gasteiger partial charge in [0.1, 0.15) is 12.6 Å². The summed E-state index contributed by atoms with van der Waals surface area (Å²) < 4.78 is 7.07. The van der Waals surface area contributed by atoms with Crippen molar-refractivity contribution < 1.29 is 9.53 Å². The predicted octanol–water partition coefficient (Wildman–Crippen LogP) is 4.74. The number of carbonyl (C=O) groups excluding carboxylic acids is 1. The number of methoxy groups -OCH3 is 1. The molecule has 8 nitrogen and oxygen atoms in total. The van der Waals surface area contributed by atoms with E-state index in [-0.39, 0.29) is 24.6 Å². The molecule has 2 N–H and O–H groups in total. The Hall–Kier alpha value is -3.79. The number of anilines is 2. The first-order valence-corrected chi connectivity index (χ1v) is 12.5. The van der Waals surface area contributed by atoms with Crippen LogP contribution >= 0.6 is 23.8 Å². The van der Waals surface area contributed by atoms with Gasteiger partial charge in [0, 0.05) is 37.1 Å². The Morgan fingerprint density at radius 1 is 1.11 bits per heavy atom. The smallest absolute Gasteiger partial charge is 0.250 e. The molecule has 1 aliphatic rings. The lowest BCUT2D eigenvalue weighted by Gasteiger charge is -2.29. The molecule has 1 saturated heterocycles. The van der Waals surface area contributed by atoms with E-state index in [1.54, 1.807) is 24.5 Å². The monoisotopic (exact) mass is 532 g/mol. The first kappa shape index (κ1) is 24.9. The van der Waals surface area contributed by atoms with E-state index in [1.165, 1.54) is 7.11 Å². The molecule has 37 heavy (non-hydrogen) atoms. The number of hydrogen-bond acceptors (Lipinski definition) is 5. The topological polar surface area (TPSA) is 84.3 Å². The molecular weight excluding hydrogens is 508 g/mol. The van der Waals surface area contributed by atoms with E-state index in [2.05, 4.69) is 31.2 Å². The second kappa shape index (κ2) is 11.1. The van der Waals surface area contributed by atoms with Gasteiger partial charge in [-0.2, -0.15) is 0 Å². The largest absolute Gasteiger partial charge is 0.375 e. The number of thiocarbonyl (C=S) groups is 1. The van der Waals surface area contributed by atoms with Crippen molar-refractivity contribution in [3.63, 3.8) is 0 Å². The van der Waals surface area contributed by atoms with E-state index in [9.17, 15) is 4.79 Å². The van der Waals surface area contributed by atoms with Crippen molar-refractivity contribution in [3.8, 4) is 0 Å². The summed E-state index contributed by atoms with van der Waals surface area (Å²) in [5, 5.41) is 7.18. The molecule has 1 amide bonds. The van der Waals surface area contributed by atoms with Crippen LogP contribution in [0, 0.1) is 0 Å². The number of amides is 1. The highest BCUT2D eigenvalue weighted by Crippen LogP contribution is 2.43. The van der Waals surface area contributed by atoms with Gasteiger partial charge in [-0.1, -0.05) is 23.7 Å². The predicted molar refractivity (Wildman–Crippen MR) is 148 cm³/mol. The first-order chi connectivity index (χ1) is 18.0. The van der Waals surface area contributed by atoms with Gasteiger partial charge in [0.2, 0.25) is 5.91 Å². The average Bonchev–Trinajstić information content (AvgIpc) is 3.50. The number of nitrogens with zero attached hydrogens (tertiary/aromatic N) is 4. The van der Waals surface area contributed by atoms with Crippen molar-refractivity contribution in [1.82, 2.24) is 19.9 Å². The van der Waals surface area contributed by atoms with Crippen LogP contribution in [0.2, 0.25) is 5.02 Å². The van der Waals surface area contributed by atoms with Gasteiger partial charge in [0.15, 0.2) is 5.11 Å². The zero-order chi connectivity index (χ0) is 25.8. The minimum Gasteiger partial charge on any atom is -0.375 e. The molecule has 4 aromatic rings. The fraction of sp³-hybridized carbons (Fsp3) is 0.185. The lowest BCUT2D eigenvalue weighted by atomic mass is 10.0. The van der Waals surface area contributed by atoms with Gasteiger partial charge >= 0.3 is 0 Å². The molecule has 10 heteroatoms. The van der Waals surface area contributed by atoms with Crippen molar-refractivity contribution in [2.75, 3.05) is 23.9 Å². The molecule has 0 bridgehead atoms. The molecule has 3 aromatic heterocycles. The molecule has 5 rings (SSSR count). The molecule has 0 radical (unpaired) electrons. The van der Waals surface area contributed by atoms with E-state index < -0.39 is 0 Å². The third-order valence-electron chi connectivity index (χ3n) is 6.10. The average molecular weight is 533 g/mol. The maximum atomic E-state index is 12.0. The van der Waals surface area contributed by atoms with Crippen LogP contribution in [0.3, 0.4) is 0 Å². The standard InChI is InChI=1S/C27H25ClN6O2S/c1-36-17-24(35)31-21-11-10-19(15-20(21)28)34-26(25(32-27(34)37)22-8-3-5-13-30-22)23-9-6-14-33(23)16-18-7-2-4-12-29-18/h2-15,25-26H,16-17H2,1H3,(H,31,35)(H,32,37)/t25-,26+/m0/s1. The molecule has 1 aliphatic heterocycles. The molecule has 0 aliphatic carbocycles. The highest BCUT2D eigenvalue weighted by molar-refractivity contribution is 7.80. The second-order valence-electron chi connectivity index (χ2n) is 8.52. The molecule has 0 spiro atoms. The van der Waals surface area contributed by atoms with E-state index in [0.717, 1.165) is 22.8 Å². The van der Waals surface area contributed by atoms with E-state index in [1.807, 2.05) is 59.6 Å². The van der Waals surface area contributed by atoms with Crippen molar-refractivity contribution in [2.45, 2.75) is 18.6 Å². The summed E-state index contributed by atoms with van der Waals surface area (Å²) in [6, 6.07) is 20.9. The molecular formula is C27H25ClN6O2S. The summed E-state index contributed by atoms with van der Waals surface area (Å²) in [6.45, 7) is 0.555. The first-order valence-electron chi connectivity index (χ1n) is 11.7. The van der Waals surface area contributed by atoms with Gasteiger partial charge in [-0.3, -0.25) is 14.8 Å². The van der Waals surface area contributed by atoms with Gasteiger partial charge < -0.3 is 24.8 Å². The Kier molecular flexibility index (Phi) is 7.45. The number of benzene rings is 1. The van der Waals surface area contributed by atoms with Gasteiger partial charge in [-0.25, -0.2) is 0 Å². The summed E-state index contributed by atoms with van der Waals surface area (Å²) in [5.41, 5.74) is 4.16. The van der Waals surface area contributed by atoms with Crippen molar-refractivity contribution in [2.24, 2.45) is 0 Å². The van der Waals surface area contributed by atoms with E-state index in [0.29, 0.717) is 22.4 Å². The summed E-state index contributed by atoms with van der Waals surface area (Å²) >= 11 is 12.4. The third-order valence-corrected chi connectivity index (χ3v) is 6.73. The van der Waals surface area contributed by atoms with E-state index in [4.69, 9.17) is 28.6 Å². The Morgan fingerprint density at radius 3 is 2.62 bits per heavy atom. The number of nitrogens with one attached hydrogen (secondary N) is 2. The van der Waals surface area contributed by atoms with Crippen LogP contribution < -0.4 is 15.5 Å². The van der Waals surface area contributed by atoms with Gasteiger partial charge in [0.05, 0.1) is 34.7 Å². The molecule has 1 aromatic carbocycles. The number of rotatable bonds is 8. The lowest BCUT2D eigenvalue weighted by Crippen LogP contribution is -2.30. The van der Waals surface area contributed by atoms with Gasteiger partial charge in [-0.05, 0) is 66.8 Å². The number of ether oxygens (including phenoxy) is 1. The Morgan fingerprint density at radius 2 is 1.92 bits per heavy atom. The second-order valence-corrected chi connectivity index (χ2v) is 9.32. The number of carbonyl (C=O) groups is 1. The summed E-state index contributed by atoms with van der Waals surface area (Å²) in [5.74, 6) is -0.282. The maximum Gasteiger partial charge on any atom is 0.250 e.